The van der Waals surface area contributed by atoms with Gasteiger partial charge in [-0.2, -0.15) is 13.2 Å². The Hall–Kier alpha value is -2.44. The summed E-state index contributed by atoms with van der Waals surface area (Å²) in [4.78, 5) is 18.3. The molecule has 0 unspecified atom stereocenters. The summed E-state index contributed by atoms with van der Waals surface area (Å²) in [5.74, 6) is -0.706. The van der Waals surface area contributed by atoms with Crippen LogP contribution in [0.3, 0.4) is 0 Å². The van der Waals surface area contributed by atoms with Crippen molar-refractivity contribution >= 4 is 5.91 Å². The SMILES string of the molecule is NC(=O)c1cnccc1-c1ccc(C(F)(F)F)nc1. The number of hydrogen-bond acceptors (Lipinski definition) is 3. The van der Waals surface area contributed by atoms with Gasteiger partial charge in [0.25, 0.3) is 5.91 Å². The Labute approximate surface area is 106 Å². The van der Waals surface area contributed by atoms with Crippen LogP contribution in [0, 0.1) is 0 Å². The third kappa shape index (κ3) is 2.70. The predicted molar refractivity (Wildman–Crippen MR) is 61.0 cm³/mol. The molecule has 7 heteroatoms. The van der Waals surface area contributed by atoms with Crippen LogP contribution in [0.5, 0.6) is 0 Å². The van der Waals surface area contributed by atoms with Crippen molar-refractivity contribution in [1.29, 1.82) is 0 Å². The van der Waals surface area contributed by atoms with E-state index in [9.17, 15) is 18.0 Å². The average Bonchev–Trinajstić information content (AvgIpc) is 2.38. The van der Waals surface area contributed by atoms with Gasteiger partial charge < -0.3 is 5.73 Å². The minimum absolute atomic E-state index is 0.129. The van der Waals surface area contributed by atoms with E-state index in [-0.39, 0.29) is 5.56 Å². The van der Waals surface area contributed by atoms with Gasteiger partial charge in [0.05, 0.1) is 5.56 Å². The molecule has 0 aliphatic rings. The smallest absolute Gasteiger partial charge is 0.366 e. The van der Waals surface area contributed by atoms with E-state index in [4.69, 9.17) is 5.73 Å². The van der Waals surface area contributed by atoms with Crippen molar-refractivity contribution in [3.8, 4) is 11.1 Å². The average molecular weight is 267 g/mol. The van der Waals surface area contributed by atoms with Gasteiger partial charge in [0.2, 0.25) is 0 Å². The van der Waals surface area contributed by atoms with Gasteiger partial charge in [-0.05, 0) is 17.7 Å². The number of alkyl halides is 3. The molecule has 0 spiro atoms. The fraction of sp³-hybridized carbons (Fsp3) is 0.0833. The molecule has 0 saturated heterocycles. The standard InChI is InChI=1S/C12H8F3N3O/c13-12(14,15)10-2-1-7(5-18-10)8-3-4-17-6-9(8)11(16)19/h1-6H,(H2,16,19). The summed E-state index contributed by atoms with van der Waals surface area (Å²) < 4.78 is 37.1. The fourth-order valence-corrected chi connectivity index (χ4v) is 1.56. The van der Waals surface area contributed by atoms with Crippen molar-refractivity contribution in [2.75, 3.05) is 0 Å². The molecule has 98 valence electrons. The third-order valence-electron chi connectivity index (χ3n) is 2.45. The van der Waals surface area contributed by atoms with Gasteiger partial charge in [0, 0.05) is 24.2 Å². The highest BCUT2D eigenvalue weighted by atomic mass is 19.4. The molecule has 0 aliphatic carbocycles. The number of carbonyl (C=O) groups excluding carboxylic acids is 1. The molecule has 19 heavy (non-hydrogen) atoms. The highest BCUT2D eigenvalue weighted by Crippen LogP contribution is 2.29. The maximum atomic E-state index is 12.4. The first-order valence-corrected chi connectivity index (χ1v) is 5.17. The first-order valence-electron chi connectivity index (χ1n) is 5.17. The van der Waals surface area contributed by atoms with Crippen LogP contribution < -0.4 is 5.73 Å². The van der Waals surface area contributed by atoms with Gasteiger partial charge in [0.15, 0.2) is 0 Å². The fourth-order valence-electron chi connectivity index (χ4n) is 1.56. The Morgan fingerprint density at radius 1 is 1.16 bits per heavy atom. The molecule has 2 heterocycles. The summed E-state index contributed by atoms with van der Waals surface area (Å²) >= 11 is 0. The molecule has 1 amide bonds. The van der Waals surface area contributed by atoms with Crippen LogP contribution in [0.1, 0.15) is 16.1 Å². The van der Waals surface area contributed by atoms with Crippen LogP contribution in [0.25, 0.3) is 11.1 Å². The predicted octanol–water partition coefficient (Wildman–Crippen LogP) is 2.26. The van der Waals surface area contributed by atoms with Crippen molar-refractivity contribution in [3.05, 3.63) is 48.0 Å². The second-order valence-corrected chi connectivity index (χ2v) is 3.72. The Balaban J connectivity index is 2.46. The topological polar surface area (TPSA) is 68.9 Å². The number of pyridine rings is 2. The van der Waals surface area contributed by atoms with E-state index in [0.717, 1.165) is 12.3 Å². The summed E-state index contributed by atoms with van der Waals surface area (Å²) in [6.45, 7) is 0. The molecule has 0 saturated carbocycles. The van der Waals surface area contributed by atoms with Crippen molar-refractivity contribution in [1.82, 2.24) is 9.97 Å². The number of halogens is 3. The summed E-state index contributed by atoms with van der Waals surface area (Å²) in [5, 5.41) is 0. The van der Waals surface area contributed by atoms with Gasteiger partial charge in [-0.1, -0.05) is 6.07 Å². The lowest BCUT2D eigenvalue weighted by atomic mass is 10.0. The second-order valence-electron chi connectivity index (χ2n) is 3.72. The zero-order chi connectivity index (χ0) is 14.0. The van der Waals surface area contributed by atoms with E-state index in [1.807, 2.05) is 0 Å². The molecular formula is C12H8F3N3O. The van der Waals surface area contributed by atoms with Gasteiger partial charge in [0.1, 0.15) is 5.69 Å². The van der Waals surface area contributed by atoms with E-state index >= 15 is 0 Å². The van der Waals surface area contributed by atoms with E-state index in [0.29, 0.717) is 11.1 Å². The van der Waals surface area contributed by atoms with Crippen molar-refractivity contribution in [2.45, 2.75) is 6.18 Å². The molecule has 0 bridgehead atoms. The number of rotatable bonds is 2. The third-order valence-corrected chi connectivity index (χ3v) is 2.45. The van der Waals surface area contributed by atoms with E-state index in [1.54, 1.807) is 0 Å². The highest BCUT2D eigenvalue weighted by molar-refractivity contribution is 5.99. The van der Waals surface area contributed by atoms with E-state index in [2.05, 4.69) is 9.97 Å². The molecule has 0 atom stereocenters. The van der Waals surface area contributed by atoms with Gasteiger partial charge >= 0.3 is 6.18 Å². The van der Waals surface area contributed by atoms with Crippen LogP contribution >= 0.6 is 0 Å². The molecule has 2 rings (SSSR count). The highest BCUT2D eigenvalue weighted by Gasteiger charge is 2.32. The van der Waals surface area contributed by atoms with Crippen molar-refractivity contribution < 1.29 is 18.0 Å². The van der Waals surface area contributed by atoms with Gasteiger partial charge in [-0.3, -0.25) is 14.8 Å². The van der Waals surface area contributed by atoms with Crippen LogP contribution in [0.4, 0.5) is 13.2 Å². The molecule has 0 fully saturated rings. The Morgan fingerprint density at radius 2 is 1.89 bits per heavy atom. The quantitative estimate of drug-likeness (QED) is 0.907. The minimum Gasteiger partial charge on any atom is -0.366 e. The normalized spacial score (nSPS) is 11.3. The number of primary amides is 1. The molecule has 2 aromatic rings. The first kappa shape index (κ1) is 13.0. The molecule has 0 radical (unpaired) electrons. The van der Waals surface area contributed by atoms with Gasteiger partial charge in [-0.15, -0.1) is 0 Å². The number of hydrogen-bond donors (Lipinski definition) is 1. The van der Waals surface area contributed by atoms with E-state index < -0.39 is 17.8 Å². The zero-order valence-electron chi connectivity index (χ0n) is 9.48. The van der Waals surface area contributed by atoms with Crippen LogP contribution in [0.15, 0.2) is 36.8 Å². The first-order chi connectivity index (χ1) is 8.89. The van der Waals surface area contributed by atoms with Crippen LogP contribution in [0.2, 0.25) is 0 Å². The van der Waals surface area contributed by atoms with Crippen LogP contribution in [-0.4, -0.2) is 15.9 Å². The largest absolute Gasteiger partial charge is 0.433 e. The number of nitrogens with two attached hydrogens (primary N) is 1. The Morgan fingerprint density at radius 3 is 2.42 bits per heavy atom. The lowest BCUT2D eigenvalue weighted by Crippen LogP contribution is -2.13. The number of carbonyl (C=O) groups is 1. The molecule has 0 aromatic carbocycles. The summed E-state index contributed by atoms with van der Waals surface area (Å²) in [6, 6.07) is 3.57. The Kier molecular flexibility index (Phi) is 3.20. The van der Waals surface area contributed by atoms with Crippen molar-refractivity contribution in [2.24, 2.45) is 5.73 Å². The second kappa shape index (κ2) is 4.68. The molecule has 2 aromatic heterocycles. The lowest BCUT2D eigenvalue weighted by molar-refractivity contribution is -0.141. The summed E-state index contributed by atoms with van der Waals surface area (Å²) in [5.41, 5.74) is 5.06. The maximum Gasteiger partial charge on any atom is 0.433 e. The molecular weight excluding hydrogens is 259 g/mol. The molecule has 2 N–H and O–H groups in total. The molecule has 4 nitrogen and oxygen atoms in total. The van der Waals surface area contributed by atoms with Crippen molar-refractivity contribution in [3.63, 3.8) is 0 Å². The summed E-state index contributed by atoms with van der Waals surface area (Å²) in [7, 11) is 0. The number of amides is 1. The van der Waals surface area contributed by atoms with Gasteiger partial charge in [-0.25, -0.2) is 0 Å². The minimum atomic E-state index is -4.50. The maximum absolute atomic E-state index is 12.4. The molecule has 0 aliphatic heterocycles. The monoisotopic (exact) mass is 267 g/mol. The number of nitrogens with zero attached hydrogens (tertiary/aromatic N) is 2. The lowest BCUT2D eigenvalue weighted by Gasteiger charge is -2.08. The number of aromatic nitrogens is 2. The van der Waals surface area contributed by atoms with Crippen LogP contribution in [-0.2, 0) is 6.18 Å². The zero-order valence-corrected chi connectivity index (χ0v) is 9.48. The van der Waals surface area contributed by atoms with E-state index in [1.165, 1.54) is 24.5 Å². The summed E-state index contributed by atoms with van der Waals surface area (Å²) in [6.07, 6.45) is -0.775. The Bertz CT molecular complexity index is 608.